The molecule has 0 saturated carbocycles. The van der Waals surface area contributed by atoms with E-state index in [2.05, 4.69) is 90.0 Å². The highest BCUT2D eigenvalue weighted by molar-refractivity contribution is 7.86. The Hall–Kier alpha value is -0.440. The Labute approximate surface area is 246 Å². The maximum Gasteiger partial charge on any atom is 0.296 e. The zero-order valence-electron chi connectivity index (χ0n) is 28.2. The molecular formula is C34H66O3PS+. The minimum absolute atomic E-state index is 0.238. The molecule has 3 nitrogen and oxygen atoms in total. The number of benzene rings is 1. The smallest absolute Gasteiger partial charge is 0.266 e. The van der Waals surface area contributed by atoms with Crippen molar-refractivity contribution in [2.75, 3.05) is 6.61 Å². The lowest BCUT2D eigenvalue weighted by molar-refractivity contribution is 0.306. The molecule has 1 aromatic rings. The third-order valence-corrected chi connectivity index (χ3v) is 17.2. The van der Waals surface area contributed by atoms with Crippen molar-refractivity contribution in [2.45, 2.75) is 180 Å². The van der Waals surface area contributed by atoms with E-state index in [0.717, 1.165) is 12.8 Å². The molecule has 0 bridgehead atoms. The molecular weight excluding hydrogens is 519 g/mol. The summed E-state index contributed by atoms with van der Waals surface area (Å²) in [7, 11) is -4.80. The number of rotatable bonds is 13. The van der Waals surface area contributed by atoms with Crippen LogP contribution in [-0.4, -0.2) is 35.6 Å². The highest BCUT2D eigenvalue weighted by Crippen LogP contribution is 2.89. The van der Waals surface area contributed by atoms with Gasteiger partial charge in [-0.1, -0.05) is 82.9 Å². The number of hydrogen-bond acceptors (Lipinski definition) is 3. The van der Waals surface area contributed by atoms with Crippen molar-refractivity contribution in [1.29, 1.82) is 0 Å². The van der Waals surface area contributed by atoms with E-state index in [9.17, 15) is 8.42 Å². The van der Waals surface area contributed by atoms with Gasteiger partial charge in [0, 0.05) is 7.26 Å². The van der Waals surface area contributed by atoms with Crippen LogP contribution < -0.4 is 0 Å². The SMILES string of the molecule is CC(C)(C)[P+](C(C)(C)C)(C(C)(C)C)C(C)(C)C.CCCCCCCCCCCCOS(=O)(=O)c1ccccc1. The first-order valence-corrected chi connectivity index (χ1v) is 18.7. The Balaban J connectivity index is 0.000000768. The van der Waals surface area contributed by atoms with E-state index in [0.29, 0.717) is 20.6 Å². The van der Waals surface area contributed by atoms with Gasteiger partial charge in [-0.05, 0) is 102 Å². The molecule has 5 heteroatoms. The average molecular weight is 586 g/mol. The van der Waals surface area contributed by atoms with Crippen LogP contribution in [0, 0.1) is 0 Å². The minimum atomic E-state index is -3.57. The lowest BCUT2D eigenvalue weighted by atomic mass is 10.1. The van der Waals surface area contributed by atoms with Gasteiger partial charge in [-0.3, -0.25) is 4.18 Å². The Morgan fingerprint density at radius 2 is 0.897 bits per heavy atom. The molecule has 1 aromatic carbocycles. The van der Waals surface area contributed by atoms with Crippen molar-refractivity contribution in [3.8, 4) is 0 Å². The van der Waals surface area contributed by atoms with Crippen LogP contribution in [-0.2, 0) is 14.3 Å². The zero-order valence-corrected chi connectivity index (χ0v) is 30.0. The van der Waals surface area contributed by atoms with Crippen molar-refractivity contribution in [3.63, 3.8) is 0 Å². The lowest BCUT2D eigenvalue weighted by Crippen LogP contribution is -2.51. The second-order valence-corrected chi connectivity index (χ2v) is 23.4. The van der Waals surface area contributed by atoms with Gasteiger partial charge in [0.15, 0.2) is 0 Å². The predicted octanol–water partition coefficient (Wildman–Crippen LogP) is 11.5. The Kier molecular flexibility index (Phi) is 16.1. The first kappa shape index (κ1) is 38.6. The summed E-state index contributed by atoms with van der Waals surface area (Å²) >= 11 is 0. The molecule has 0 aliphatic rings. The van der Waals surface area contributed by atoms with Gasteiger partial charge in [0.25, 0.3) is 10.1 Å². The average Bonchev–Trinajstić information content (AvgIpc) is 2.74. The quantitative estimate of drug-likeness (QED) is 0.131. The van der Waals surface area contributed by atoms with Crippen LogP contribution in [0.2, 0.25) is 0 Å². The molecule has 39 heavy (non-hydrogen) atoms. The summed E-state index contributed by atoms with van der Waals surface area (Å²) in [6.45, 7) is 32.1. The Bertz CT molecular complexity index is 818. The monoisotopic (exact) mass is 585 g/mol. The summed E-state index contributed by atoms with van der Waals surface area (Å²) in [4.78, 5) is 0.238. The summed E-state index contributed by atoms with van der Waals surface area (Å²) in [5.74, 6) is 0. The van der Waals surface area contributed by atoms with Gasteiger partial charge >= 0.3 is 0 Å². The second-order valence-electron chi connectivity index (χ2n) is 15.1. The van der Waals surface area contributed by atoms with Crippen LogP contribution in [0.4, 0.5) is 0 Å². The Morgan fingerprint density at radius 3 is 1.21 bits per heavy atom. The summed E-state index contributed by atoms with van der Waals surface area (Å²) in [6.07, 6.45) is 12.3. The van der Waals surface area contributed by atoms with E-state index < -0.39 is 17.4 Å². The molecule has 1 rings (SSSR count). The van der Waals surface area contributed by atoms with Crippen molar-refractivity contribution < 1.29 is 12.6 Å². The largest absolute Gasteiger partial charge is 0.296 e. The molecule has 0 aliphatic carbocycles. The van der Waals surface area contributed by atoms with Crippen molar-refractivity contribution >= 4 is 17.4 Å². The van der Waals surface area contributed by atoms with E-state index in [-0.39, 0.29) is 11.5 Å². The van der Waals surface area contributed by atoms with Gasteiger partial charge in [0.1, 0.15) is 0 Å². The molecule has 0 aliphatic heterocycles. The minimum Gasteiger partial charge on any atom is -0.266 e. The molecule has 0 aromatic heterocycles. The molecule has 0 atom stereocenters. The zero-order chi connectivity index (χ0) is 30.6. The molecule has 0 fully saturated rings. The van der Waals surface area contributed by atoms with Crippen LogP contribution in [0.25, 0.3) is 0 Å². The third kappa shape index (κ3) is 11.8. The van der Waals surface area contributed by atoms with Crippen LogP contribution in [0.1, 0.15) is 154 Å². The van der Waals surface area contributed by atoms with Crippen LogP contribution in [0.15, 0.2) is 35.2 Å². The molecule has 0 unspecified atom stereocenters. The van der Waals surface area contributed by atoms with Crippen LogP contribution in [0.3, 0.4) is 0 Å². The predicted molar refractivity (Wildman–Crippen MR) is 177 cm³/mol. The van der Waals surface area contributed by atoms with Crippen LogP contribution >= 0.6 is 7.26 Å². The molecule has 0 spiro atoms. The van der Waals surface area contributed by atoms with E-state index in [1.165, 1.54) is 51.4 Å². The van der Waals surface area contributed by atoms with E-state index >= 15 is 0 Å². The molecule has 0 radical (unpaired) electrons. The number of unbranched alkanes of at least 4 members (excludes halogenated alkanes) is 9. The number of hydrogen-bond donors (Lipinski definition) is 0. The Morgan fingerprint density at radius 1 is 0.564 bits per heavy atom. The fourth-order valence-electron chi connectivity index (χ4n) is 8.45. The van der Waals surface area contributed by atoms with Crippen molar-refractivity contribution in [2.24, 2.45) is 0 Å². The summed E-state index contributed by atoms with van der Waals surface area (Å²) in [5, 5.41) is 1.51. The van der Waals surface area contributed by atoms with Gasteiger partial charge in [0.2, 0.25) is 0 Å². The van der Waals surface area contributed by atoms with Gasteiger partial charge in [0.05, 0.1) is 32.1 Å². The first-order valence-electron chi connectivity index (χ1n) is 15.5. The van der Waals surface area contributed by atoms with Gasteiger partial charge in [-0.25, -0.2) is 0 Å². The summed E-state index contributed by atoms with van der Waals surface area (Å²) < 4.78 is 28.8. The van der Waals surface area contributed by atoms with Crippen LogP contribution in [0.5, 0.6) is 0 Å². The highest BCUT2D eigenvalue weighted by Gasteiger charge is 2.70. The lowest BCUT2D eigenvalue weighted by Gasteiger charge is -2.60. The van der Waals surface area contributed by atoms with E-state index in [1.54, 1.807) is 30.3 Å². The summed E-state index contributed by atoms with van der Waals surface area (Å²) in [6, 6.07) is 8.33. The first-order chi connectivity index (χ1) is 17.7. The maximum atomic E-state index is 11.9. The van der Waals surface area contributed by atoms with Crippen molar-refractivity contribution in [1.82, 2.24) is 0 Å². The standard InChI is InChI=1S/C18H30O3S.C16H36P/c1-2-3-4-5-6-7-8-9-10-14-17-21-22(19,20)18-15-12-11-13-16-18;1-13(2,3)17(14(4,5)6,15(7,8)9)16(10,11)12/h11-13,15-16H,2-10,14,17H2,1H3;1-12H3/q;+1. The molecule has 0 amide bonds. The topological polar surface area (TPSA) is 43.4 Å². The van der Waals surface area contributed by atoms with Gasteiger partial charge in [-0.15, -0.1) is 0 Å². The fraction of sp³-hybridized carbons (Fsp3) is 0.824. The molecule has 230 valence electrons. The third-order valence-electron chi connectivity index (χ3n) is 7.79. The molecule has 0 N–H and O–H groups in total. The highest BCUT2D eigenvalue weighted by atomic mass is 32.2. The fourth-order valence-corrected chi connectivity index (χ4v) is 21.5. The van der Waals surface area contributed by atoms with E-state index in [1.807, 2.05) is 0 Å². The normalized spacial score (nSPS) is 13.7. The second kappa shape index (κ2) is 16.3. The summed E-state index contributed by atoms with van der Waals surface area (Å²) in [5.41, 5.74) is 0. The maximum absolute atomic E-state index is 11.9. The van der Waals surface area contributed by atoms with Gasteiger partial charge in [-0.2, -0.15) is 8.42 Å². The molecule has 0 saturated heterocycles. The van der Waals surface area contributed by atoms with Crippen molar-refractivity contribution in [3.05, 3.63) is 30.3 Å². The molecule has 0 heterocycles. The van der Waals surface area contributed by atoms with E-state index in [4.69, 9.17) is 4.18 Å². The van der Waals surface area contributed by atoms with Gasteiger partial charge < -0.3 is 0 Å².